The normalized spacial score (nSPS) is 35.1. The van der Waals surface area contributed by atoms with Crippen molar-refractivity contribution in [1.29, 1.82) is 0 Å². The second-order valence-corrected chi connectivity index (χ2v) is 5.54. The minimum Gasteiger partial charge on any atom is -0.458 e. The summed E-state index contributed by atoms with van der Waals surface area (Å²) < 4.78 is 5.30. The van der Waals surface area contributed by atoms with Crippen molar-refractivity contribution in [1.82, 2.24) is 0 Å². The quantitative estimate of drug-likeness (QED) is 0.616. The van der Waals surface area contributed by atoms with E-state index in [4.69, 9.17) is 16.3 Å². The Kier molecular flexibility index (Phi) is 4.62. The maximum atomic E-state index is 11.2. The molecule has 1 saturated carbocycles. The van der Waals surface area contributed by atoms with E-state index in [1.165, 1.54) is 0 Å². The number of alkyl halides is 1. The first-order valence-electron chi connectivity index (χ1n) is 5.84. The highest BCUT2D eigenvalue weighted by atomic mass is 35.5. The molecule has 0 heterocycles. The van der Waals surface area contributed by atoms with Crippen LogP contribution in [0.15, 0.2) is 0 Å². The molecule has 0 bridgehead atoms. The van der Waals surface area contributed by atoms with E-state index in [1.54, 1.807) is 0 Å². The largest absolute Gasteiger partial charge is 0.458 e. The number of carbonyl (C=O) groups excluding carboxylic acids is 1. The molecule has 0 unspecified atom stereocenters. The number of aliphatic hydroxyl groups is 1. The first-order valence-corrected chi connectivity index (χ1v) is 6.37. The van der Waals surface area contributed by atoms with Gasteiger partial charge in [-0.05, 0) is 31.6 Å². The number of rotatable bonds is 3. The van der Waals surface area contributed by atoms with Gasteiger partial charge >= 0.3 is 5.97 Å². The molecule has 1 rings (SSSR count). The van der Waals surface area contributed by atoms with Gasteiger partial charge < -0.3 is 9.84 Å². The Hall–Kier alpha value is -0.280. The summed E-state index contributed by atoms with van der Waals surface area (Å²) >= 11 is 5.41. The molecular formula is C12H21ClO3. The molecule has 16 heavy (non-hydrogen) atoms. The fourth-order valence-electron chi connectivity index (χ4n) is 2.53. The second kappa shape index (κ2) is 5.37. The Morgan fingerprint density at radius 2 is 2.25 bits per heavy atom. The third-order valence-electron chi connectivity index (χ3n) is 3.47. The lowest BCUT2D eigenvalue weighted by molar-refractivity contribution is -0.164. The van der Waals surface area contributed by atoms with Crippen molar-refractivity contribution in [3.63, 3.8) is 0 Å². The summed E-state index contributed by atoms with van der Waals surface area (Å²) in [6.45, 7) is 6.10. The Morgan fingerprint density at radius 3 is 2.69 bits per heavy atom. The molecule has 0 aliphatic heterocycles. The monoisotopic (exact) mass is 248 g/mol. The van der Waals surface area contributed by atoms with E-state index in [9.17, 15) is 9.90 Å². The zero-order valence-corrected chi connectivity index (χ0v) is 11.0. The standard InChI is InChI=1S/C12H21ClO3/c1-8(2)9-4-5-12(3,6-10(9)14)16-11(15)7-13/h8-10,14H,4-7H2,1-3H3/t9-,10+,12+/m0/s1. The Balaban J connectivity index is 2.58. The van der Waals surface area contributed by atoms with E-state index < -0.39 is 11.6 Å². The lowest BCUT2D eigenvalue weighted by Gasteiger charge is -2.41. The zero-order chi connectivity index (χ0) is 12.3. The minimum atomic E-state index is -0.545. The van der Waals surface area contributed by atoms with E-state index in [0.717, 1.165) is 12.8 Å². The van der Waals surface area contributed by atoms with Gasteiger partial charge in [0.05, 0.1) is 6.10 Å². The van der Waals surface area contributed by atoms with E-state index in [1.807, 2.05) is 6.92 Å². The van der Waals surface area contributed by atoms with E-state index in [-0.39, 0.29) is 12.0 Å². The molecule has 1 aliphatic carbocycles. The molecule has 0 spiro atoms. The van der Waals surface area contributed by atoms with E-state index in [0.29, 0.717) is 18.3 Å². The molecule has 1 aliphatic rings. The fourth-order valence-corrected chi connectivity index (χ4v) is 2.59. The van der Waals surface area contributed by atoms with Crippen molar-refractivity contribution in [2.75, 3.05) is 5.88 Å². The van der Waals surface area contributed by atoms with Gasteiger partial charge in [-0.2, -0.15) is 0 Å². The summed E-state index contributed by atoms with van der Waals surface area (Å²) in [6, 6.07) is 0. The van der Waals surface area contributed by atoms with E-state index in [2.05, 4.69) is 13.8 Å². The molecule has 0 aromatic rings. The maximum absolute atomic E-state index is 11.2. The molecule has 1 N–H and O–H groups in total. The highest BCUT2D eigenvalue weighted by Crippen LogP contribution is 2.38. The molecule has 0 aromatic heterocycles. The minimum absolute atomic E-state index is 0.126. The number of hydrogen-bond donors (Lipinski definition) is 1. The first kappa shape index (κ1) is 13.8. The number of halogens is 1. The molecule has 0 radical (unpaired) electrons. The summed E-state index contributed by atoms with van der Waals surface area (Å²) in [5.41, 5.74) is -0.545. The van der Waals surface area contributed by atoms with Crippen LogP contribution in [0, 0.1) is 11.8 Å². The predicted octanol–water partition coefficient (Wildman–Crippen LogP) is 2.34. The Bertz CT molecular complexity index is 255. The Labute approximate surface area is 102 Å². The van der Waals surface area contributed by atoms with Crippen molar-refractivity contribution < 1.29 is 14.6 Å². The fraction of sp³-hybridized carbons (Fsp3) is 0.917. The second-order valence-electron chi connectivity index (χ2n) is 5.28. The van der Waals surface area contributed by atoms with Crippen LogP contribution in [0.3, 0.4) is 0 Å². The molecule has 3 nitrogen and oxygen atoms in total. The van der Waals surface area contributed by atoms with Crippen LogP contribution in [0.25, 0.3) is 0 Å². The van der Waals surface area contributed by atoms with Crippen molar-refractivity contribution in [2.24, 2.45) is 11.8 Å². The average Bonchev–Trinajstić information content (AvgIpc) is 2.16. The molecule has 0 saturated heterocycles. The van der Waals surface area contributed by atoms with Gasteiger partial charge in [-0.3, -0.25) is 4.79 Å². The van der Waals surface area contributed by atoms with Crippen molar-refractivity contribution >= 4 is 17.6 Å². The third-order valence-corrected chi connectivity index (χ3v) is 3.69. The topological polar surface area (TPSA) is 46.5 Å². The summed E-state index contributed by atoms with van der Waals surface area (Å²) in [5, 5.41) is 10.0. The highest BCUT2D eigenvalue weighted by molar-refractivity contribution is 6.26. The van der Waals surface area contributed by atoms with Crippen molar-refractivity contribution in [2.45, 2.75) is 51.7 Å². The summed E-state index contributed by atoms with van der Waals surface area (Å²) in [4.78, 5) is 11.2. The van der Waals surface area contributed by atoms with Gasteiger partial charge in [0.15, 0.2) is 0 Å². The average molecular weight is 249 g/mol. The molecule has 94 valence electrons. The SMILES string of the molecule is CC(C)[C@@H]1CC[C@@](C)(OC(=O)CCl)C[C@H]1O. The molecular weight excluding hydrogens is 228 g/mol. The Morgan fingerprint density at radius 1 is 1.62 bits per heavy atom. The smallest absolute Gasteiger partial charge is 0.321 e. The van der Waals surface area contributed by atoms with Crippen LogP contribution < -0.4 is 0 Å². The van der Waals surface area contributed by atoms with Gasteiger partial charge in [0.2, 0.25) is 0 Å². The highest BCUT2D eigenvalue weighted by Gasteiger charge is 2.40. The molecule has 4 heteroatoms. The van der Waals surface area contributed by atoms with E-state index >= 15 is 0 Å². The number of carbonyl (C=O) groups is 1. The number of hydrogen-bond acceptors (Lipinski definition) is 3. The van der Waals surface area contributed by atoms with Crippen LogP contribution >= 0.6 is 11.6 Å². The molecule has 0 aromatic carbocycles. The van der Waals surface area contributed by atoms with Gasteiger partial charge in [-0.25, -0.2) is 0 Å². The number of ether oxygens (including phenoxy) is 1. The third kappa shape index (κ3) is 3.36. The van der Waals surface area contributed by atoms with Gasteiger partial charge in [0.1, 0.15) is 11.5 Å². The molecule has 3 atom stereocenters. The molecule has 1 fully saturated rings. The van der Waals surface area contributed by atoms with Crippen LogP contribution in [-0.2, 0) is 9.53 Å². The lowest BCUT2D eigenvalue weighted by atomic mass is 9.73. The van der Waals surface area contributed by atoms with Crippen LogP contribution in [0.4, 0.5) is 0 Å². The first-order chi connectivity index (χ1) is 7.38. The van der Waals surface area contributed by atoms with Crippen molar-refractivity contribution in [3.8, 4) is 0 Å². The zero-order valence-electron chi connectivity index (χ0n) is 10.2. The van der Waals surface area contributed by atoms with Crippen molar-refractivity contribution in [3.05, 3.63) is 0 Å². The summed E-state index contributed by atoms with van der Waals surface area (Å²) in [5.74, 6) is 0.240. The summed E-state index contributed by atoms with van der Waals surface area (Å²) in [7, 11) is 0. The lowest BCUT2D eigenvalue weighted by Crippen LogP contribution is -2.44. The number of aliphatic hydroxyl groups excluding tert-OH is 1. The van der Waals surface area contributed by atoms with Gasteiger partial charge in [0, 0.05) is 6.42 Å². The summed E-state index contributed by atoms with van der Waals surface area (Å²) in [6.07, 6.45) is 1.82. The van der Waals surface area contributed by atoms with Gasteiger partial charge in [-0.15, -0.1) is 11.6 Å². The van der Waals surface area contributed by atoms with Crippen LogP contribution in [-0.4, -0.2) is 28.7 Å². The number of esters is 1. The van der Waals surface area contributed by atoms with Gasteiger partial charge in [0.25, 0.3) is 0 Å². The van der Waals surface area contributed by atoms with Crippen LogP contribution in [0.2, 0.25) is 0 Å². The predicted molar refractivity (Wildman–Crippen MR) is 63.4 cm³/mol. The maximum Gasteiger partial charge on any atom is 0.321 e. The van der Waals surface area contributed by atoms with Gasteiger partial charge in [-0.1, -0.05) is 13.8 Å². The van der Waals surface area contributed by atoms with Crippen LogP contribution in [0.5, 0.6) is 0 Å². The molecule has 0 amide bonds. The van der Waals surface area contributed by atoms with Crippen LogP contribution in [0.1, 0.15) is 40.0 Å².